The number of quaternary nitrogens is 2. The quantitative estimate of drug-likeness (QED) is 0.571. The van der Waals surface area contributed by atoms with E-state index < -0.39 is 0 Å². The molecule has 13 heavy (non-hydrogen) atoms. The molecule has 0 aromatic heterocycles. The molecule has 0 aromatic carbocycles. The summed E-state index contributed by atoms with van der Waals surface area (Å²) in [7, 11) is 14.0. The minimum Gasteiger partial charge on any atom is -0.324 e. The Balaban J connectivity index is 2.76. The van der Waals surface area contributed by atoms with E-state index in [1.165, 1.54) is 19.3 Å². The molecule has 1 aliphatic rings. The van der Waals surface area contributed by atoms with E-state index >= 15 is 0 Å². The number of likely N-dealkylation sites (N-methyl/N-ethyl adjacent to an activating group) is 2. The van der Waals surface area contributed by atoms with Crippen LogP contribution >= 0.6 is 0 Å². The maximum absolute atomic E-state index is 2.33. The summed E-state index contributed by atoms with van der Waals surface area (Å²) in [5, 5.41) is 0. The topological polar surface area (TPSA) is 0 Å². The Morgan fingerprint density at radius 3 is 1.23 bits per heavy atom. The van der Waals surface area contributed by atoms with Crippen LogP contribution < -0.4 is 0 Å². The predicted molar refractivity (Wildman–Crippen MR) is 57.5 cm³/mol. The number of hydrogen-bond acceptors (Lipinski definition) is 0. The zero-order chi connectivity index (χ0) is 10.3. The molecule has 1 saturated carbocycles. The van der Waals surface area contributed by atoms with Crippen molar-refractivity contribution in [3.63, 3.8) is 0 Å². The third-order valence-electron chi connectivity index (χ3n) is 3.43. The van der Waals surface area contributed by atoms with Crippen molar-refractivity contribution < 1.29 is 8.97 Å². The van der Waals surface area contributed by atoms with Gasteiger partial charge in [0, 0.05) is 12.8 Å². The summed E-state index contributed by atoms with van der Waals surface area (Å²) in [4.78, 5) is 0. The fourth-order valence-electron chi connectivity index (χ4n) is 2.73. The van der Waals surface area contributed by atoms with Crippen LogP contribution in [0.1, 0.15) is 19.3 Å². The summed E-state index contributed by atoms with van der Waals surface area (Å²) in [5.41, 5.74) is 0. The highest BCUT2D eigenvalue weighted by Crippen LogP contribution is 2.31. The fourth-order valence-corrected chi connectivity index (χ4v) is 2.73. The summed E-state index contributed by atoms with van der Waals surface area (Å²) < 4.78 is 2.25. The van der Waals surface area contributed by atoms with Crippen LogP contribution in [0.5, 0.6) is 0 Å². The van der Waals surface area contributed by atoms with Crippen LogP contribution in [0.2, 0.25) is 0 Å². The Morgan fingerprint density at radius 2 is 1.00 bits per heavy atom. The third-order valence-corrected chi connectivity index (χ3v) is 3.43. The minimum absolute atomic E-state index is 0.847. The fraction of sp³-hybridized carbons (Fsp3) is 1.00. The molecule has 0 aromatic rings. The Kier molecular flexibility index (Phi) is 2.75. The van der Waals surface area contributed by atoms with E-state index in [4.69, 9.17) is 0 Å². The molecular weight excluding hydrogens is 160 g/mol. The molecule has 0 spiro atoms. The van der Waals surface area contributed by atoms with Gasteiger partial charge in [0.05, 0.1) is 42.3 Å². The normalized spacial score (nSPS) is 30.9. The van der Waals surface area contributed by atoms with Gasteiger partial charge in [0.15, 0.2) is 0 Å². The van der Waals surface area contributed by atoms with Crippen LogP contribution in [0.25, 0.3) is 0 Å². The van der Waals surface area contributed by atoms with Crippen molar-refractivity contribution in [2.24, 2.45) is 0 Å². The summed E-state index contributed by atoms with van der Waals surface area (Å²) in [6.45, 7) is 0. The molecule has 0 aliphatic heterocycles. The molecule has 2 nitrogen and oxygen atoms in total. The molecule has 0 saturated heterocycles. The summed E-state index contributed by atoms with van der Waals surface area (Å²) in [6.07, 6.45) is 4.23. The van der Waals surface area contributed by atoms with E-state index in [-0.39, 0.29) is 0 Å². The highest BCUT2D eigenvalue weighted by molar-refractivity contribution is 4.78. The van der Waals surface area contributed by atoms with Gasteiger partial charge in [0.1, 0.15) is 12.1 Å². The number of hydrogen-bond donors (Lipinski definition) is 0. The molecule has 1 fully saturated rings. The van der Waals surface area contributed by atoms with E-state index in [1.54, 1.807) is 0 Å². The van der Waals surface area contributed by atoms with Crippen molar-refractivity contribution in [2.75, 3.05) is 42.3 Å². The largest absolute Gasteiger partial charge is 0.324 e. The van der Waals surface area contributed by atoms with Crippen LogP contribution in [0.15, 0.2) is 0 Å². The second-order valence-corrected chi connectivity index (χ2v) is 6.30. The van der Waals surface area contributed by atoms with Gasteiger partial charge < -0.3 is 8.97 Å². The molecule has 2 heteroatoms. The molecule has 0 amide bonds. The number of nitrogens with zero attached hydrogens (tertiary/aromatic N) is 2. The van der Waals surface area contributed by atoms with E-state index in [0.717, 1.165) is 21.0 Å². The van der Waals surface area contributed by atoms with E-state index in [1.807, 2.05) is 0 Å². The Hall–Kier alpha value is -0.0800. The van der Waals surface area contributed by atoms with Gasteiger partial charge in [0.2, 0.25) is 0 Å². The average molecular weight is 186 g/mol. The van der Waals surface area contributed by atoms with E-state index in [0.29, 0.717) is 0 Å². The lowest BCUT2D eigenvalue weighted by Gasteiger charge is -2.41. The first-order valence-electron chi connectivity index (χ1n) is 5.35. The van der Waals surface area contributed by atoms with Gasteiger partial charge in [-0.3, -0.25) is 0 Å². The molecule has 1 rings (SSSR count). The molecule has 78 valence electrons. The first-order valence-corrected chi connectivity index (χ1v) is 5.35. The summed E-state index contributed by atoms with van der Waals surface area (Å²) >= 11 is 0. The summed E-state index contributed by atoms with van der Waals surface area (Å²) in [5.74, 6) is 0. The van der Waals surface area contributed by atoms with Crippen molar-refractivity contribution in [2.45, 2.75) is 31.3 Å². The standard InChI is InChI=1S/C11H26N2/c1-12(2,3)10-8-7-9-11(10)13(4,5)6/h10-11H,7-9H2,1-6H3/q+2/t10-,11+. The highest BCUT2D eigenvalue weighted by Gasteiger charge is 2.44. The van der Waals surface area contributed by atoms with Gasteiger partial charge in [0.25, 0.3) is 0 Å². The van der Waals surface area contributed by atoms with Gasteiger partial charge in [-0.1, -0.05) is 0 Å². The lowest BCUT2D eigenvalue weighted by atomic mass is 10.1. The lowest BCUT2D eigenvalue weighted by molar-refractivity contribution is -0.962. The summed E-state index contributed by atoms with van der Waals surface area (Å²) in [6, 6.07) is 1.69. The van der Waals surface area contributed by atoms with Gasteiger partial charge in [-0.05, 0) is 6.42 Å². The van der Waals surface area contributed by atoms with Gasteiger partial charge >= 0.3 is 0 Å². The maximum Gasteiger partial charge on any atom is 0.141 e. The predicted octanol–water partition coefficient (Wildman–Crippen LogP) is 1.32. The second kappa shape index (κ2) is 3.25. The smallest absolute Gasteiger partial charge is 0.141 e. The molecule has 0 heterocycles. The van der Waals surface area contributed by atoms with E-state index in [9.17, 15) is 0 Å². The van der Waals surface area contributed by atoms with Crippen molar-refractivity contribution >= 4 is 0 Å². The van der Waals surface area contributed by atoms with Crippen LogP contribution in [0.4, 0.5) is 0 Å². The third kappa shape index (κ3) is 2.44. The van der Waals surface area contributed by atoms with E-state index in [2.05, 4.69) is 42.3 Å². The molecule has 0 N–H and O–H groups in total. The van der Waals surface area contributed by atoms with Crippen LogP contribution in [-0.4, -0.2) is 63.3 Å². The number of rotatable bonds is 2. The maximum atomic E-state index is 2.33. The van der Waals surface area contributed by atoms with Gasteiger partial charge in [-0.2, -0.15) is 0 Å². The van der Waals surface area contributed by atoms with Crippen LogP contribution in [0, 0.1) is 0 Å². The van der Waals surface area contributed by atoms with Crippen molar-refractivity contribution in [1.82, 2.24) is 0 Å². The Morgan fingerprint density at radius 1 is 0.692 bits per heavy atom. The SMILES string of the molecule is C[N+](C)(C)[C@@H]1CCC[C@@H]1[N+](C)(C)C. The van der Waals surface area contributed by atoms with Crippen LogP contribution in [0.3, 0.4) is 0 Å². The Labute approximate surface area is 83.3 Å². The van der Waals surface area contributed by atoms with Crippen molar-refractivity contribution in [3.8, 4) is 0 Å². The monoisotopic (exact) mass is 186 g/mol. The first kappa shape index (κ1) is 11.0. The molecule has 1 aliphatic carbocycles. The molecule has 2 atom stereocenters. The zero-order valence-corrected chi connectivity index (χ0v) is 10.2. The van der Waals surface area contributed by atoms with Gasteiger partial charge in [-0.25, -0.2) is 0 Å². The minimum atomic E-state index is 0.847. The molecule has 0 radical (unpaired) electrons. The second-order valence-electron chi connectivity index (χ2n) is 6.30. The Bertz CT molecular complexity index is 154. The molecular formula is C11H26N2+2. The molecule has 0 unspecified atom stereocenters. The molecule has 0 bridgehead atoms. The van der Waals surface area contributed by atoms with Crippen molar-refractivity contribution in [3.05, 3.63) is 0 Å². The van der Waals surface area contributed by atoms with Gasteiger partial charge in [-0.15, -0.1) is 0 Å². The average Bonchev–Trinajstić information content (AvgIpc) is 2.27. The highest BCUT2D eigenvalue weighted by atomic mass is 15.4. The zero-order valence-electron chi connectivity index (χ0n) is 10.2. The first-order chi connectivity index (χ1) is 5.73. The van der Waals surface area contributed by atoms with Crippen LogP contribution in [-0.2, 0) is 0 Å². The lowest BCUT2D eigenvalue weighted by Crippen LogP contribution is -2.58. The van der Waals surface area contributed by atoms with Crippen molar-refractivity contribution in [1.29, 1.82) is 0 Å².